The monoisotopic (exact) mass is 534 g/mol. The van der Waals surface area contributed by atoms with Gasteiger partial charge in [-0.05, 0) is 57.7 Å². The largest absolute Gasteiger partial charge is 0.484 e. The molecule has 2 aromatic carbocycles. The number of ether oxygens (including phenoxy) is 4. The summed E-state index contributed by atoms with van der Waals surface area (Å²) in [6, 6.07) is 8.15. The number of Topliss-reactive ketones (excluding diaryl/α,β-unsaturated/α-hetero) is 1. The van der Waals surface area contributed by atoms with E-state index in [-0.39, 0.29) is 41.4 Å². The molecule has 0 radical (unpaired) electrons. The Morgan fingerprint density at radius 2 is 1.54 bits per heavy atom. The maximum atomic E-state index is 13.4. The molecule has 39 heavy (non-hydrogen) atoms. The molecule has 0 saturated heterocycles. The van der Waals surface area contributed by atoms with Crippen LogP contribution in [0.3, 0.4) is 0 Å². The Labute approximate surface area is 228 Å². The van der Waals surface area contributed by atoms with E-state index < -0.39 is 24.0 Å². The molecule has 1 aliphatic rings. The number of hydrogen-bond donors (Lipinski definition) is 0. The van der Waals surface area contributed by atoms with E-state index in [0.29, 0.717) is 16.9 Å². The predicted octanol–water partition coefficient (Wildman–Crippen LogP) is 6.40. The van der Waals surface area contributed by atoms with Crippen LogP contribution < -0.4 is 18.9 Å². The Morgan fingerprint density at radius 3 is 2.13 bits per heavy atom. The SMILES string of the molecule is CC(=O)Oc1ccc(C2CC(=O)c3c(cc(OC(C)=O)c(C/C=C(\C)CCC=C(C)C)c3OC(C)=O)O2)cc1. The summed E-state index contributed by atoms with van der Waals surface area (Å²) in [6.07, 6.45) is 5.49. The van der Waals surface area contributed by atoms with Gasteiger partial charge in [0.25, 0.3) is 0 Å². The van der Waals surface area contributed by atoms with Crippen LogP contribution >= 0.6 is 0 Å². The van der Waals surface area contributed by atoms with Crippen LogP contribution in [0.5, 0.6) is 23.0 Å². The lowest BCUT2D eigenvalue weighted by Crippen LogP contribution is -2.23. The van der Waals surface area contributed by atoms with Crippen molar-refractivity contribution in [1.29, 1.82) is 0 Å². The van der Waals surface area contributed by atoms with Crippen LogP contribution in [0.15, 0.2) is 53.6 Å². The molecule has 0 saturated carbocycles. The molecule has 0 N–H and O–H groups in total. The Balaban J connectivity index is 2.02. The van der Waals surface area contributed by atoms with E-state index in [4.69, 9.17) is 18.9 Å². The van der Waals surface area contributed by atoms with Crippen molar-refractivity contribution in [3.8, 4) is 23.0 Å². The van der Waals surface area contributed by atoms with Crippen LogP contribution in [-0.2, 0) is 20.8 Å². The minimum atomic E-state index is -0.644. The fraction of sp³-hybridized carbons (Fsp3) is 0.355. The molecule has 3 rings (SSSR count). The molecule has 8 heteroatoms. The summed E-state index contributed by atoms with van der Waals surface area (Å²) in [7, 11) is 0. The number of benzene rings is 2. The number of esters is 3. The maximum Gasteiger partial charge on any atom is 0.308 e. The quantitative estimate of drug-likeness (QED) is 0.207. The Kier molecular flexibility index (Phi) is 9.82. The van der Waals surface area contributed by atoms with Crippen LogP contribution in [-0.4, -0.2) is 23.7 Å². The first kappa shape index (κ1) is 29.4. The molecule has 1 aliphatic heterocycles. The first-order valence-electron chi connectivity index (χ1n) is 12.8. The van der Waals surface area contributed by atoms with Crippen LogP contribution in [0, 0.1) is 0 Å². The Hall–Kier alpha value is -4.20. The van der Waals surface area contributed by atoms with E-state index in [1.165, 1.54) is 32.4 Å². The van der Waals surface area contributed by atoms with E-state index in [1.807, 2.05) is 26.8 Å². The zero-order valence-electron chi connectivity index (χ0n) is 23.2. The van der Waals surface area contributed by atoms with E-state index in [1.54, 1.807) is 24.3 Å². The molecule has 0 fully saturated rings. The van der Waals surface area contributed by atoms with Gasteiger partial charge in [0, 0.05) is 32.4 Å². The zero-order valence-corrected chi connectivity index (χ0v) is 23.2. The lowest BCUT2D eigenvalue weighted by molar-refractivity contribution is -0.133. The van der Waals surface area contributed by atoms with Crippen LogP contribution in [0.4, 0.5) is 0 Å². The Bertz CT molecular complexity index is 1330. The number of hydrogen-bond acceptors (Lipinski definition) is 8. The molecule has 2 aromatic rings. The summed E-state index contributed by atoms with van der Waals surface area (Å²) in [5.41, 5.74) is 3.59. The van der Waals surface area contributed by atoms with Gasteiger partial charge in [-0.15, -0.1) is 0 Å². The molecule has 0 spiro atoms. The number of carbonyl (C=O) groups excluding carboxylic acids is 4. The molecule has 1 unspecified atom stereocenters. The van der Waals surface area contributed by atoms with Gasteiger partial charge in [-0.3, -0.25) is 19.2 Å². The fourth-order valence-corrected chi connectivity index (χ4v) is 4.24. The molecule has 1 heterocycles. The Morgan fingerprint density at radius 1 is 0.897 bits per heavy atom. The topological polar surface area (TPSA) is 105 Å². The van der Waals surface area contributed by atoms with Crippen molar-refractivity contribution in [2.75, 3.05) is 0 Å². The molecule has 0 bridgehead atoms. The lowest BCUT2D eigenvalue weighted by Gasteiger charge is -2.28. The minimum Gasteiger partial charge on any atom is -0.484 e. The highest BCUT2D eigenvalue weighted by Crippen LogP contribution is 2.46. The molecule has 0 aliphatic carbocycles. The number of carbonyl (C=O) groups is 4. The summed E-state index contributed by atoms with van der Waals surface area (Å²) in [4.78, 5) is 48.7. The van der Waals surface area contributed by atoms with Crippen LogP contribution in [0.2, 0.25) is 0 Å². The molecular weight excluding hydrogens is 500 g/mol. The summed E-state index contributed by atoms with van der Waals surface area (Å²) in [5.74, 6) is -1.17. The standard InChI is InChI=1S/C31H34O8/c1-18(2)8-7-9-19(3)10-15-25-28(37-21(5)33)17-29-30(31(25)38-22(6)34)26(35)16-27(39-29)23-11-13-24(14-12-23)36-20(4)32/h8,10-14,17,27H,7,9,15-16H2,1-6H3/b19-10+. The third-order valence-corrected chi connectivity index (χ3v) is 5.98. The zero-order chi connectivity index (χ0) is 28.7. The third kappa shape index (κ3) is 8.14. The number of fused-ring (bicyclic) bond motifs is 1. The summed E-state index contributed by atoms with van der Waals surface area (Å²) >= 11 is 0. The highest BCUT2D eigenvalue weighted by Gasteiger charge is 2.34. The number of allylic oxidation sites excluding steroid dienone is 4. The maximum absolute atomic E-state index is 13.4. The number of rotatable bonds is 9. The summed E-state index contributed by atoms with van der Waals surface area (Å²) in [5, 5.41) is 0. The predicted molar refractivity (Wildman–Crippen MR) is 145 cm³/mol. The van der Waals surface area contributed by atoms with Gasteiger partial charge in [0.05, 0.1) is 6.42 Å². The van der Waals surface area contributed by atoms with Gasteiger partial charge >= 0.3 is 17.9 Å². The highest BCUT2D eigenvalue weighted by atomic mass is 16.6. The molecular formula is C31H34O8. The van der Waals surface area contributed by atoms with Crippen molar-refractivity contribution in [1.82, 2.24) is 0 Å². The normalized spacial score (nSPS) is 14.6. The summed E-state index contributed by atoms with van der Waals surface area (Å²) in [6.45, 7) is 9.92. The van der Waals surface area contributed by atoms with Crippen molar-refractivity contribution in [2.24, 2.45) is 0 Å². The second-order valence-corrected chi connectivity index (χ2v) is 9.71. The fourth-order valence-electron chi connectivity index (χ4n) is 4.24. The molecule has 0 aromatic heterocycles. The molecule has 8 nitrogen and oxygen atoms in total. The second kappa shape index (κ2) is 13.0. The van der Waals surface area contributed by atoms with Gasteiger partial charge in [-0.25, -0.2) is 0 Å². The van der Waals surface area contributed by atoms with Gasteiger partial charge in [-0.1, -0.05) is 35.4 Å². The van der Waals surface area contributed by atoms with Crippen molar-refractivity contribution in [3.63, 3.8) is 0 Å². The van der Waals surface area contributed by atoms with Crippen LogP contribution in [0.25, 0.3) is 0 Å². The molecule has 206 valence electrons. The lowest BCUT2D eigenvalue weighted by atomic mass is 9.92. The van der Waals surface area contributed by atoms with Crippen LogP contribution in [0.1, 0.15) is 88.4 Å². The highest BCUT2D eigenvalue weighted by molar-refractivity contribution is 6.04. The van der Waals surface area contributed by atoms with Crippen molar-refractivity contribution < 1.29 is 38.1 Å². The van der Waals surface area contributed by atoms with Crippen molar-refractivity contribution >= 4 is 23.7 Å². The van der Waals surface area contributed by atoms with Gasteiger partial charge < -0.3 is 18.9 Å². The summed E-state index contributed by atoms with van der Waals surface area (Å²) < 4.78 is 22.3. The van der Waals surface area contributed by atoms with Crippen molar-refractivity contribution in [3.05, 3.63) is 70.3 Å². The molecule has 1 atom stereocenters. The average molecular weight is 535 g/mol. The average Bonchev–Trinajstić information content (AvgIpc) is 2.82. The first-order chi connectivity index (χ1) is 18.4. The van der Waals surface area contributed by atoms with E-state index >= 15 is 0 Å². The van der Waals surface area contributed by atoms with Crippen molar-refractivity contribution in [2.45, 2.75) is 73.3 Å². The van der Waals surface area contributed by atoms with Gasteiger partial charge in [-0.2, -0.15) is 0 Å². The second-order valence-electron chi connectivity index (χ2n) is 9.71. The molecule has 0 amide bonds. The van der Waals surface area contributed by atoms with Gasteiger partial charge in [0.15, 0.2) is 11.5 Å². The number of ketones is 1. The van der Waals surface area contributed by atoms with E-state index in [0.717, 1.165) is 18.4 Å². The van der Waals surface area contributed by atoms with Gasteiger partial charge in [0.1, 0.15) is 28.9 Å². The van der Waals surface area contributed by atoms with E-state index in [9.17, 15) is 19.2 Å². The third-order valence-electron chi connectivity index (χ3n) is 5.98. The smallest absolute Gasteiger partial charge is 0.308 e. The van der Waals surface area contributed by atoms with Gasteiger partial charge in [0.2, 0.25) is 0 Å². The first-order valence-corrected chi connectivity index (χ1v) is 12.8. The van der Waals surface area contributed by atoms with E-state index in [2.05, 4.69) is 6.08 Å². The minimum absolute atomic E-state index is 0.00189.